The predicted molar refractivity (Wildman–Crippen MR) is 207 cm³/mol. The van der Waals surface area contributed by atoms with E-state index in [0.29, 0.717) is 5.75 Å². The molecule has 0 saturated heterocycles. The van der Waals surface area contributed by atoms with E-state index in [1.165, 1.54) is 108 Å². The van der Waals surface area contributed by atoms with Crippen molar-refractivity contribution in [2.45, 2.75) is 128 Å². The minimum atomic E-state index is -0.986. The lowest BCUT2D eigenvalue weighted by Crippen LogP contribution is -2.40. The Morgan fingerprint density at radius 1 is 0.612 bits per heavy atom. The molecule has 3 aromatic rings. The highest BCUT2D eigenvalue weighted by Crippen LogP contribution is 2.45. The summed E-state index contributed by atoms with van der Waals surface area (Å²) in [5.41, 5.74) is 1.79. The first kappa shape index (κ1) is 40.3. The highest BCUT2D eigenvalue weighted by atomic mass is 16.6. The number of carbonyl (C=O) groups excluding carboxylic acids is 1. The molecule has 0 bridgehead atoms. The fourth-order valence-electron chi connectivity index (χ4n) is 6.85. The van der Waals surface area contributed by atoms with Crippen LogP contribution in [0.2, 0.25) is 0 Å². The molecule has 1 amide bonds. The molecule has 3 rings (SSSR count). The maximum absolute atomic E-state index is 12.8. The van der Waals surface area contributed by atoms with Gasteiger partial charge in [-0.25, -0.2) is 4.79 Å². The Morgan fingerprint density at radius 2 is 1.04 bits per heavy atom. The van der Waals surface area contributed by atoms with E-state index in [0.717, 1.165) is 29.8 Å². The van der Waals surface area contributed by atoms with Crippen LogP contribution in [0.5, 0.6) is 5.75 Å². The Morgan fingerprint density at radius 3 is 1.51 bits per heavy atom. The smallest absolute Gasteiger partial charge is 0.410 e. The summed E-state index contributed by atoms with van der Waals surface area (Å²) in [5.74, 6) is 0.489. The van der Waals surface area contributed by atoms with Gasteiger partial charge in [-0.05, 0) is 44.1 Å². The third-order valence-corrected chi connectivity index (χ3v) is 9.53. The van der Waals surface area contributed by atoms with E-state index in [2.05, 4.69) is 50.1 Å². The normalized spacial score (nSPS) is 12.3. The number of likely N-dealkylation sites (N-methyl/N-ethyl adjacent to an activating group) is 1. The van der Waals surface area contributed by atoms with Crippen LogP contribution in [-0.2, 0) is 10.3 Å². The number of hydrogen-bond donors (Lipinski definition) is 0. The van der Waals surface area contributed by atoms with Gasteiger partial charge in [0.25, 0.3) is 0 Å². The van der Waals surface area contributed by atoms with Crippen LogP contribution in [-0.4, -0.2) is 56.2 Å². The lowest BCUT2D eigenvalue weighted by Gasteiger charge is -2.39. The number of ether oxygens (including phenoxy) is 2. The lowest BCUT2D eigenvalue weighted by molar-refractivity contribution is -0.0501. The second kappa shape index (κ2) is 23.3. The van der Waals surface area contributed by atoms with E-state index in [-0.39, 0.29) is 6.10 Å². The SMILES string of the molecule is CCCCCCCCCCCCCCCCCCN(C)CC(C)OC(c1ccccc1)(c1ccccc1)c1ccccc1OC(=O)N(C)C. The minimum absolute atomic E-state index is 0.107. The predicted octanol–water partition coefficient (Wildman–Crippen LogP) is 11.6. The van der Waals surface area contributed by atoms with Crippen LogP contribution in [0.25, 0.3) is 0 Å². The van der Waals surface area contributed by atoms with Gasteiger partial charge >= 0.3 is 6.09 Å². The molecule has 3 aromatic carbocycles. The van der Waals surface area contributed by atoms with Crippen LogP contribution in [0.4, 0.5) is 4.79 Å². The number of rotatable bonds is 25. The van der Waals surface area contributed by atoms with Crippen molar-refractivity contribution in [2.75, 3.05) is 34.2 Å². The Kier molecular flexibility index (Phi) is 19.1. The highest BCUT2D eigenvalue weighted by Gasteiger charge is 2.41. The first-order valence-corrected chi connectivity index (χ1v) is 19.3. The van der Waals surface area contributed by atoms with Crippen LogP contribution >= 0.6 is 0 Å². The fraction of sp³-hybridized carbons (Fsp3) is 0.568. The number of carbonyl (C=O) groups is 1. The van der Waals surface area contributed by atoms with Crippen molar-refractivity contribution >= 4 is 6.09 Å². The first-order chi connectivity index (χ1) is 23.9. The molecule has 5 heteroatoms. The van der Waals surface area contributed by atoms with Crippen molar-refractivity contribution in [3.8, 4) is 5.75 Å². The Hall–Kier alpha value is -3.15. The van der Waals surface area contributed by atoms with Gasteiger partial charge in [-0.2, -0.15) is 0 Å². The summed E-state index contributed by atoms with van der Waals surface area (Å²) < 4.78 is 13.2. The van der Waals surface area contributed by atoms with Gasteiger partial charge in [-0.1, -0.05) is 182 Å². The largest absolute Gasteiger partial charge is 0.414 e. The number of nitrogens with zero attached hydrogens (tertiary/aromatic N) is 2. The summed E-state index contributed by atoms with van der Waals surface area (Å²) in [6.07, 6.45) is 21.6. The second-order valence-corrected chi connectivity index (χ2v) is 14.2. The first-order valence-electron chi connectivity index (χ1n) is 19.3. The van der Waals surface area contributed by atoms with Crippen molar-refractivity contribution in [1.82, 2.24) is 9.80 Å². The quantitative estimate of drug-likeness (QED) is 0.0664. The van der Waals surface area contributed by atoms with Crippen LogP contribution in [0.1, 0.15) is 133 Å². The van der Waals surface area contributed by atoms with Gasteiger partial charge in [0.05, 0.1) is 6.10 Å². The number of para-hydroxylation sites is 1. The summed E-state index contributed by atoms with van der Waals surface area (Å²) >= 11 is 0. The lowest BCUT2D eigenvalue weighted by atomic mass is 9.79. The molecular formula is C44H66N2O3. The zero-order valence-corrected chi connectivity index (χ0v) is 31.5. The van der Waals surface area contributed by atoms with E-state index in [1.54, 1.807) is 14.1 Å². The molecule has 49 heavy (non-hydrogen) atoms. The van der Waals surface area contributed by atoms with Gasteiger partial charge in [-0.15, -0.1) is 0 Å². The summed E-state index contributed by atoms with van der Waals surface area (Å²) in [6, 6.07) is 28.4. The summed E-state index contributed by atoms with van der Waals surface area (Å²) in [5, 5.41) is 0. The van der Waals surface area contributed by atoms with E-state index >= 15 is 0 Å². The monoisotopic (exact) mass is 671 g/mol. The summed E-state index contributed by atoms with van der Waals surface area (Å²) in [4.78, 5) is 16.6. The third-order valence-electron chi connectivity index (χ3n) is 9.53. The zero-order chi connectivity index (χ0) is 35.2. The average molecular weight is 671 g/mol. The van der Waals surface area contributed by atoms with E-state index in [4.69, 9.17) is 9.47 Å². The van der Waals surface area contributed by atoms with Gasteiger partial charge in [0.2, 0.25) is 0 Å². The minimum Gasteiger partial charge on any atom is -0.410 e. The Bertz CT molecular complexity index is 1240. The third kappa shape index (κ3) is 13.9. The maximum atomic E-state index is 12.8. The van der Waals surface area contributed by atoms with E-state index in [9.17, 15) is 4.79 Å². The van der Waals surface area contributed by atoms with Crippen molar-refractivity contribution in [3.63, 3.8) is 0 Å². The Labute approximate surface area is 299 Å². The zero-order valence-electron chi connectivity index (χ0n) is 31.5. The molecule has 0 aliphatic carbocycles. The van der Waals surface area contributed by atoms with Gasteiger partial charge in [0, 0.05) is 26.2 Å². The number of unbranched alkanes of at least 4 members (excludes halogenated alkanes) is 15. The van der Waals surface area contributed by atoms with Gasteiger partial charge < -0.3 is 19.3 Å². The number of benzene rings is 3. The number of amides is 1. The maximum Gasteiger partial charge on any atom is 0.414 e. The van der Waals surface area contributed by atoms with Crippen molar-refractivity contribution in [2.24, 2.45) is 0 Å². The van der Waals surface area contributed by atoms with Crippen LogP contribution in [0.3, 0.4) is 0 Å². The topological polar surface area (TPSA) is 42.0 Å². The molecule has 0 saturated carbocycles. The molecule has 0 aliphatic rings. The Balaban J connectivity index is 1.53. The van der Waals surface area contributed by atoms with Crippen LogP contribution < -0.4 is 4.74 Å². The molecule has 0 aromatic heterocycles. The van der Waals surface area contributed by atoms with Crippen LogP contribution in [0.15, 0.2) is 84.9 Å². The molecule has 0 N–H and O–H groups in total. The second-order valence-electron chi connectivity index (χ2n) is 14.2. The number of hydrogen-bond acceptors (Lipinski definition) is 4. The molecule has 1 unspecified atom stereocenters. The van der Waals surface area contributed by atoms with Gasteiger partial charge in [-0.3, -0.25) is 0 Å². The van der Waals surface area contributed by atoms with E-state index in [1.807, 2.05) is 60.7 Å². The standard InChI is InChI=1S/C44H66N2O3/c1-6-7-8-9-10-11-12-13-14-15-16-17-18-19-20-29-36-46(5)37-38(2)49-44(39-30-23-21-24-31-39,40-32-25-22-26-33-40)41-34-27-28-35-42(41)48-43(47)45(3)4/h21-28,30-35,38H,6-20,29,36-37H2,1-5H3. The average Bonchev–Trinajstić information content (AvgIpc) is 3.11. The molecule has 0 fully saturated rings. The molecule has 1 atom stereocenters. The van der Waals surface area contributed by atoms with Crippen molar-refractivity contribution < 1.29 is 14.3 Å². The molecule has 0 aliphatic heterocycles. The molecule has 0 heterocycles. The summed E-state index contributed by atoms with van der Waals surface area (Å²) in [7, 11) is 5.59. The fourth-order valence-corrected chi connectivity index (χ4v) is 6.85. The van der Waals surface area contributed by atoms with Crippen LogP contribution in [0, 0.1) is 0 Å². The van der Waals surface area contributed by atoms with Gasteiger partial charge in [0.1, 0.15) is 11.4 Å². The molecule has 270 valence electrons. The van der Waals surface area contributed by atoms with Crippen molar-refractivity contribution in [3.05, 3.63) is 102 Å². The molecule has 0 radical (unpaired) electrons. The van der Waals surface area contributed by atoms with E-state index < -0.39 is 11.7 Å². The molecule has 0 spiro atoms. The highest BCUT2D eigenvalue weighted by molar-refractivity contribution is 5.71. The molecule has 5 nitrogen and oxygen atoms in total. The van der Waals surface area contributed by atoms with Crippen molar-refractivity contribution in [1.29, 1.82) is 0 Å². The molecular weight excluding hydrogens is 604 g/mol. The van der Waals surface area contributed by atoms with Gasteiger partial charge in [0.15, 0.2) is 0 Å². The summed E-state index contributed by atoms with van der Waals surface area (Å²) in [6.45, 7) is 6.28.